The fourth-order valence-corrected chi connectivity index (χ4v) is 3.87. The molecule has 1 aliphatic rings. The summed E-state index contributed by atoms with van der Waals surface area (Å²) >= 11 is 3.65. The standard InChI is InChI=1S/C21H27BrN2O3.C2H2O4/c1-25-19-12-16(13-20(26-2)21(19)27-3)14-23-8-10-24(11-9-23)15-17-6-4-5-7-18(17)22;3-1(4)2(5)6/h4-7,12-13H,8-11,14-15H2,1-3H3;(H,3,4)(H,5,6). The fourth-order valence-electron chi connectivity index (χ4n) is 3.46. The smallest absolute Gasteiger partial charge is 0.414 e. The summed E-state index contributed by atoms with van der Waals surface area (Å²) in [6.45, 7) is 6.07. The number of carboxylic acid groups (broad SMARTS) is 2. The van der Waals surface area contributed by atoms with Crippen molar-refractivity contribution < 1.29 is 34.0 Å². The second-order valence-corrected chi connectivity index (χ2v) is 8.14. The number of rotatable bonds is 7. The maximum atomic E-state index is 9.10. The minimum Gasteiger partial charge on any atom is -0.493 e. The van der Waals surface area contributed by atoms with Gasteiger partial charge in [-0.3, -0.25) is 9.80 Å². The van der Waals surface area contributed by atoms with Crippen LogP contribution in [-0.4, -0.2) is 79.5 Å². The minimum absolute atomic E-state index is 0.641. The maximum absolute atomic E-state index is 9.10. The molecule has 0 bridgehead atoms. The fraction of sp³-hybridized carbons (Fsp3) is 0.391. The van der Waals surface area contributed by atoms with Crippen molar-refractivity contribution in [3.8, 4) is 17.2 Å². The number of halogens is 1. The van der Waals surface area contributed by atoms with Crippen LogP contribution in [0.15, 0.2) is 40.9 Å². The number of aliphatic carboxylic acids is 2. The number of carbonyl (C=O) groups is 2. The summed E-state index contributed by atoms with van der Waals surface area (Å²) in [6, 6.07) is 12.5. The molecule has 0 aromatic heterocycles. The Kier molecular flexibility index (Phi) is 10.4. The molecule has 2 aromatic rings. The zero-order chi connectivity index (χ0) is 24.4. The summed E-state index contributed by atoms with van der Waals surface area (Å²) in [7, 11) is 4.94. The lowest BCUT2D eigenvalue weighted by Crippen LogP contribution is -2.45. The predicted octanol–water partition coefficient (Wildman–Crippen LogP) is 2.95. The van der Waals surface area contributed by atoms with Crippen LogP contribution in [0.25, 0.3) is 0 Å². The van der Waals surface area contributed by atoms with Crippen molar-refractivity contribution >= 4 is 27.9 Å². The second kappa shape index (κ2) is 13.0. The Morgan fingerprint density at radius 3 is 1.76 bits per heavy atom. The van der Waals surface area contributed by atoms with Crippen molar-refractivity contribution in [2.24, 2.45) is 0 Å². The molecule has 0 aliphatic carbocycles. The van der Waals surface area contributed by atoms with Gasteiger partial charge in [0.25, 0.3) is 0 Å². The molecule has 0 atom stereocenters. The van der Waals surface area contributed by atoms with Gasteiger partial charge in [-0.25, -0.2) is 9.59 Å². The third-order valence-electron chi connectivity index (χ3n) is 5.13. The Morgan fingerprint density at radius 1 is 0.848 bits per heavy atom. The molecule has 33 heavy (non-hydrogen) atoms. The number of hydrogen-bond acceptors (Lipinski definition) is 7. The molecule has 2 aromatic carbocycles. The number of carboxylic acids is 2. The van der Waals surface area contributed by atoms with E-state index in [1.54, 1.807) is 21.3 Å². The second-order valence-electron chi connectivity index (χ2n) is 7.29. The number of piperazine rings is 1. The van der Waals surface area contributed by atoms with E-state index >= 15 is 0 Å². The molecule has 2 N–H and O–H groups in total. The quantitative estimate of drug-likeness (QED) is 0.528. The minimum atomic E-state index is -1.82. The highest BCUT2D eigenvalue weighted by molar-refractivity contribution is 9.10. The van der Waals surface area contributed by atoms with E-state index < -0.39 is 11.9 Å². The number of benzene rings is 2. The predicted molar refractivity (Wildman–Crippen MR) is 126 cm³/mol. The first-order valence-electron chi connectivity index (χ1n) is 10.2. The van der Waals surface area contributed by atoms with Crippen LogP contribution in [0.1, 0.15) is 11.1 Å². The summed E-state index contributed by atoms with van der Waals surface area (Å²) in [5.74, 6) is -1.59. The molecular formula is C23H29BrN2O7. The molecule has 1 heterocycles. The first kappa shape index (κ1) is 26.4. The Hall–Kier alpha value is -2.82. The summed E-state index contributed by atoms with van der Waals surface area (Å²) < 4.78 is 17.5. The lowest BCUT2D eigenvalue weighted by Gasteiger charge is -2.35. The lowest BCUT2D eigenvalue weighted by atomic mass is 10.1. The molecule has 0 radical (unpaired) electrons. The third kappa shape index (κ3) is 7.92. The van der Waals surface area contributed by atoms with Gasteiger partial charge in [-0.2, -0.15) is 0 Å². The highest BCUT2D eigenvalue weighted by Gasteiger charge is 2.20. The van der Waals surface area contributed by atoms with Crippen molar-refractivity contribution in [3.05, 3.63) is 52.0 Å². The van der Waals surface area contributed by atoms with Crippen LogP contribution in [0.2, 0.25) is 0 Å². The van der Waals surface area contributed by atoms with Crippen molar-refractivity contribution in [1.82, 2.24) is 9.80 Å². The first-order valence-corrected chi connectivity index (χ1v) is 11.0. The molecule has 0 saturated carbocycles. The number of methoxy groups -OCH3 is 3. The van der Waals surface area contributed by atoms with Crippen LogP contribution in [0, 0.1) is 0 Å². The highest BCUT2D eigenvalue weighted by Crippen LogP contribution is 2.38. The monoisotopic (exact) mass is 524 g/mol. The molecule has 0 unspecified atom stereocenters. The number of nitrogens with zero attached hydrogens (tertiary/aromatic N) is 2. The van der Waals surface area contributed by atoms with Gasteiger partial charge in [-0.05, 0) is 29.3 Å². The molecule has 1 fully saturated rings. The average Bonchev–Trinajstić information content (AvgIpc) is 2.81. The van der Waals surface area contributed by atoms with E-state index in [9.17, 15) is 0 Å². The molecule has 9 nitrogen and oxygen atoms in total. The lowest BCUT2D eigenvalue weighted by molar-refractivity contribution is -0.159. The summed E-state index contributed by atoms with van der Waals surface area (Å²) in [6.07, 6.45) is 0. The Labute approximate surface area is 201 Å². The topological polar surface area (TPSA) is 109 Å². The molecule has 10 heteroatoms. The van der Waals surface area contributed by atoms with Crippen LogP contribution < -0.4 is 14.2 Å². The van der Waals surface area contributed by atoms with Crippen molar-refractivity contribution in [2.45, 2.75) is 13.1 Å². The SMILES string of the molecule is COc1cc(CN2CCN(Cc3ccccc3Br)CC2)cc(OC)c1OC.O=C(O)C(=O)O. The zero-order valence-electron chi connectivity index (χ0n) is 18.9. The molecular weight excluding hydrogens is 496 g/mol. The van der Waals surface area contributed by atoms with Gasteiger partial charge in [-0.1, -0.05) is 34.1 Å². The van der Waals surface area contributed by atoms with E-state index in [2.05, 4.69) is 50.0 Å². The average molecular weight is 525 g/mol. The van der Waals surface area contributed by atoms with Gasteiger partial charge >= 0.3 is 11.9 Å². The Morgan fingerprint density at radius 2 is 1.33 bits per heavy atom. The van der Waals surface area contributed by atoms with Gasteiger partial charge in [0.15, 0.2) is 11.5 Å². The van der Waals surface area contributed by atoms with Gasteiger partial charge in [0, 0.05) is 43.7 Å². The Balaban J connectivity index is 0.000000569. The third-order valence-corrected chi connectivity index (χ3v) is 5.90. The molecule has 1 saturated heterocycles. The van der Waals surface area contributed by atoms with E-state index in [1.807, 2.05) is 12.1 Å². The number of ether oxygens (including phenoxy) is 3. The largest absolute Gasteiger partial charge is 0.493 e. The van der Waals surface area contributed by atoms with E-state index in [0.29, 0.717) is 17.2 Å². The number of hydrogen-bond donors (Lipinski definition) is 2. The van der Waals surface area contributed by atoms with Crippen molar-refractivity contribution in [3.63, 3.8) is 0 Å². The van der Waals surface area contributed by atoms with Gasteiger partial charge < -0.3 is 24.4 Å². The summed E-state index contributed by atoms with van der Waals surface area (Å²) in [5, 5.41) is 14.8. The van der Waals surface area contributed by atoms with Crippen LogP contribution in [0.4, 0.5) is 0 Å². The van der Waals surface area contributed by atoms with Crippen LogP contribution >= 0.6 is 15.9 Å². The molecule has 180 valence electrons. The molecule has 0 spiro atoms. The molecule has 0 amide bonds. The Bertz CT molecular complexity index is 909. The van der Waals surface area contributed by atoms with Gasteiger partial charge in [0.2, 0.25) is 5.75 Å². The highest BCUT2D eigenvalue weighted by atomic mass is 79.9. The maximum Gasteiger partial charge on any atom is 0.414 e. The molecule has 3 rings (SSSR count). The van der Waals surface area contributed by atoms with Gasteiger partial charge in [0.05, 0.1) is 21.3 Å². The van der Waals surface area contributed by atoms with Crippen LogP contribution in [0.5, 0.6) is 17.2 Å². The summed E-state index contributed by atoms with van der Waals surface area (Å²) in [5.41, 5.74) is 2.51. The van der Waals surface area contributed by atoms with Crippen LogP contribution in [-0.2, 0) is 22.7 Å². The first-order chi connectivity index (χ1) is 15.8. The zero-order valence-corrected chi connectivity index (χ0v) is 20.5. The van der Waals surface area contributed by atoms with E-state index in [0.717, 1.165) is 39.3 Å². The van der Waals surface area contributed by atoms with E-state index in [-0.39, 0.29) is 0 Å². The molecule has 1 aliphatic heterocycles. The van der Waals surface area contributed by atoms with E-state index in [4.69, 9.17) is 34.0 Å². The van der Waals surface area contributed by atoms with Gasteiger partial charge in [0.1, 0.15) is 0 Å². The van der Waals surface area contributed by atoms with Crippen molar-refractivity contribution in [2.75, 3.05) is 47.5 Å². The summed E-state index contributed by atoms with van der Waals surface area (Å²) in [4.78, 5) is 23.2. The van der Waals surface area contributed by atoms with Crippen molar-refractivity contribution in [1.29, 1.82) is 0 Å². The van der Waals surface area contributed by atoms with E-state index in [1.165, 1.54) is 15.6 Å². The van der Waals surface area contributed by atoms with Crippen LogP contribution in [0.3, 0.4) is 0 Å². The van der Waals surface area contributed by atoms with Gasteiger partial charge in [-0.15, -0.1) is 0 Å². The normalized spacial score (nSPS) is 14.1.